The van der Waals surface area contributed by atoms with Crippen LogP contribution in [0, 0.1) is 0 Å². The van der Waals surface area contributed by atoms with Crippen molar-refractivity contribution in [3.8, 4) is 11.1 Å². The van der Waals surface area contributed by atoms with E-state index in [0.717, 1.165) is 11.1 Å². The maximum Gasteiger partial charge on any atom is 0.237 e. The summed E-state index contributed by atoms with van der Waals surface area (Å²) in [5.41, 5.74) is 2.20. The summed E-state index contributed by atoms with van der Waals surface area (Å²) in [6.07, 6.45) is 5.72. The van der Waals surface area contributed by atoms with Crippen molar-refractivity contribution in [2.45, 2.75) is 50.2 Å². The van der Waals surface area contributed by atoms with Crippen LogP contribution in [-0.2, 0) is 20.2 Å². The van der Waals surface area contributed by atoms with Gasteiger partial charge in [-0.15, -0.1) is 11.3 Å². The number of halogens is 1. The van der Waals surface area contributed by atoms with Gasteiger partial charge in [-0.3, -0.25) is 14.5 Å². The van der Waals surface area contributed by atoms with Crippen molar-refractivity contribution in [2.75, 3.05) is 10.0 Å². The van der Waals surface area contributed by atoms with Crippen molar-refractivity contribution in [3.05, 3.63) is 58.8 Å². The predicted molar refractivity (Wildman–Crippen MR) is 133 cm³/mol. The lowest BCUT2D eigenvalue weighted by molar-refractivity contribution is -0.122. The fraction of sp³-hybridized carbons (Fsp3) is 0.348. The summed E-state index contributed by atoms with van der Waals surface area (Å²) in [6.45, 7) is 3.87. The second-order valence-corrected chi connectivity index (χ2v) is 11.4. The number of anilines is 2. The van der Waals surface area contributed by atoms with E-state index in [1.807, 2.05) is 44.2 Å². The van der Waals surface area contributed by atoms with Gasteiger partial charge in [0.25, 0.3) is 0 Å². The molecule has 174 valence electrons. The fourth-order valence-corrected chi connectivity index (χ4v) is 6.32. The van der Waals surface area contributed by atoms with Crippen LogP contribution in [0.3, 0.4) is 0 Å². The molecule has 3 aromatic rings. The SMILES string of the molecule is CCC(CC)(C(=O)Nc1ccc(-c2cncc(Cl)c2)cc1)c1csc(NS(=O)(=O)C2CC2)n1. The number of rotatable bonds is 9. The Hall–Kier alpha value is -2.49. The van der Waals surface area contributed by atoms with E-state index in [9.17, 15) is 13.2 Å². The maximum atomic E-state index is 13.4. The highest BCUT2D eigenvalue weighted by atomic mass is 35.5. The summed E-state index contributed by atoms with van der Waals surface area (Å²) in [4.78, 5) is 22.0. The average molecular weight is 505 g/mol. The molecule has 0 radical (unpaired) electrons. The number of carbonyl (C=O) groups is 1. The number of carbonyl (C=O) groups excluding carboxylic acids is 1. The van der Waals surface area contributed by atoms with Crippen molar-refractivity contribution in [2.24, 2.45) is 0 Å². The standard InChI is InChI=1S/C23H25ClN4O3S2/c1-3-23(4-2,20-14-32-22(27-20)28-33(30,31)19-9-10-19)21(29)26-18-7-5-15(6-8-18)16-11-17(24)13-25-12-16/h5-8,11-14,19H,3-4,9-10H2,1-2H3,(H,26,29)(H,27,28). The summed E-state index contributed by atoms with van der Waals surface area (Å²) in [5, 5.41) is 5.30. The number of pyridine rings is 1. The Morgan fingerprint density at radius 3 is 2.45 bits per heavy atom. The van der Waals surface area contributed by atoms with Crippen LogP contribution in [0.5, 0.6) is 0 Å². The third-order valence-corrected chi connectivity index (χ3v) is 8.93. The van der Waals surface area contributed by atoms with Crippen LogP contribution in [0.4, 0.5) is 10.8 Å². The Morgan fingerprint density at radius 1 is 1.15 bits per heavy atom. The van der Waals surface area contributed by atoms with Crippen molar-refractivity contribution in [1.82, 2.24) is 9.97 Å². The molecule has 0 saturated heterocycles. The highest BCUT2D eigenvalue weighted by Gasteiger charge is 2.40. The quantitative estimate of drug-likeness (QED) is 0.403. The summed E-state index contributed by atoms with van der Waals surface area (Å²) in [6, 6.07) is 9.30. The lowest BCUT2D eigenvalue weighted by Gasteiger charge is -2.28. The Labute approximate surface area is 202 Å². The van der Waals surface area contributed by atoms with Crippen molar-refractivity contribution < 1.29 is 13.2 Å². The molecule has 4 rings (SSSR count). The summed E-state index contributed by atoms with van der Waals surface area (Å²) >= 11 is 7.23. The zero-order valence-electron chi connectivity index (χ0n) is 18.3. The second-order valence-electron chi connectivity index (χ2n) is 8.10. The van der Waals surface area contributed by atoms with Crippen LogP contribution in [-0.4, -0.2) is 29.5 Å². The van der Waals surface area contributed by atoms with Crippen molar-refractivity contribution >= 4 is 49.7 Å². The molecule has 0 spiro atoms. The molecule has 1 saturated carbocycles. The molecule has 1 aliphatic rings. The number of aromatic nitrogens is 2. The Bertz CT molecular complexity index is 1250. The predicted octanol–water partition coefficient (Wildman–Crippen LogP) is 5.46. The van der Waals surface area contributed by atoms with Gasteiger partial charge >= 0.3 is 0 Å². The van der Waals surface area contributed by atoms with E-state index < -0.39 is 15.4 Å². The van der Waals surface area contributed by atoms with Gasteiger partial charge in [0.1, 0.15) is 0 Å². The number of benzene rings is 1. The van der Waals surface area contributed by atoms with E-state index in [0.29, 0.717) is 47.2 Å². The molecule has 1 aromatic carbocycles. The normalized spacial score (nSPS) is 14.2. The van der Waals surface area contributed by atoms with Gasteiger partial charge in [-0.05, 0) is 49.4 Å². The Kier molecular flexibility index (Phi) is 6.74. The zero-order valence-corrected chi connectivity index (χ0v) is 20.7. The largest absolute Gasteiger partial charge is 0.325 e. The molecule has 0 unspecified atom stereocenters. The third kappa shape index (κ3) is 5.05. The summed E-state index contributed by atoms with van der Waals surface area (Å²) in [7, 11) is -3.40. The van der Waals surface area contributed by atoms with Gasteiger partial charge in [-0.2, -0.15) is 0 Å². The number of nitrogens with one attached hydrogen (secondary N) is 2. The summed E-state index contributed by atoms with van der Waals surface area (Å²) < 4.78 is 27.1. The van der Waals surface area contributed by atoms with E-state index in [2.05, 4.69) is 20.0 Å². The van der Waals surface area contributed by atoms with E-state index in [1.54, 1.807) is 17.8 Å². The third-order valence-electron chi connectivity index (χ3n) is 6.01. The molecule has 1 aliphatic carbocycles. The first-order valence-electron chi connectivity index (χ1n) is 10.8. The lowest BCUT2D eigenvalue weighted by atomic mass is 9.78. The topological polar surface area (TPSA) is 101 Å². The average Bonchev–Trinajstić information content (AvgIpc) is 3.57. The first-order valence-corrected chi connectivity index (χ1v) is 13.6. The van der Waals surface area contributed by atoms with Gasteiger partial charge in [-0.25, -0.2) is 13.4 Å². The first-order chi connectivity index (χ1) is 15.8. The van der Waals surface area contributed by atoms with Gasteiger partial charge < -0.3 is 5.32 Å². The minimum Gasteiger partial charge on any atom is -0.325 e. The molecule has 0 bridgehead atoms. The maximum absolute atomic E-state index is 13.4. The molecule has 10 heteroatoms. The van der Waals surface area contributed by atoms with Gasteiger partial charge in [0, 0.05) is 29.0 Å². The van der Waals surface area contributed by atoms with Gasteiger partial charge in [0.05, 0.1) is 21.4 Å². The Balaban J connectivity index is 1.52. The van der Waals surface area contributed by atoms with Crippen molar-refractivity contribution in [1.29, 1.82) is 0 Å². The van der Waals surface area contributed by atoms with Crippen LogP contribution >= 0.6 is 22.9 Å². The molecular weight excluding hydrogens is 480 g/mol. The number of thiazole rings is 1. The number of hydrogen-bond acceptors (Lipinski definition) is 6. The van der Waals surface area contributed by atoms with E-state index in [-0.39, 0.29) is 11.2 Å². The minimum atomic E-state index is -3.40. The number of amides is 1. The number of sulfonamides is 1. The molecule has 33 heavy (non-hydrogen) atoms. The van der Waals surface area contributed by atoms with Crippen LogP contribution < -0.4 is 10.0 Å². The molecular formula is C23H25ClN4O3S2. The Morgan fingerprint density at radius 2 is 1.85 bits per heavy atom. The molecule has 2 aromatic heterocycles. The molecule has 2 N–H and O–H groups in total. The van der Waals surface area contributed by atoms with E-state index in [1.165, 1.54) is 11.3 Å². The molecule has 1 fully saturated rings. The van der Waals surface area contributed by atoms with Crippen LogP contribution in [0.15, 0.2) is 48.1 Å². The lowest BCUT2D eigenvalue weighted by Crippen LogP contribution is -2.39. The number of hydrogen-bond donors (Lipinski definition) is 2. The number of nitrogens with zero attached hydrogens (tertiary/aromatic N) is 2. The summed E-state index contributed by atoms with van der Waals surface area (Å²) in [5.74, 6) is -0.174. The highest BCUT2D eigenvalue weighted by Crippen LogP contribution is 2.37. The fourth-order valence-electron chi connectivity index (χ4n) is 3.74. The van der Waals surface area contributed by atoms with Crippen molar-refractivity contribution in [3.63, 3.8) is 0 Å². The van der Waals surface area contributed by atoms with Crippen LogP contribution in [0.2, 0.25) is 5.02 Å². The van der Waals surface area contributed by atoms with Gasteiger partial charge in [-0.1, -0.05) is 37.6 Å². The van der Waals surface area contributed by atoms with Crippen LogP contribution in [0.25, 0.3) is 11.1 Å². The molecule has 1 amide bonds. The minimum absolute atomic E-state index is 0.174. The zero-order chi connectivity index (χ0) is 23.6. The highest BCUT2D eigenvalue weighted by molar-refractivity contribution is 7.93. The molecule has 0 aliphatic heterocycles. The van der Waals surface area contributed by atoms with Gasteiger partial charge in [0.2, 0.25) is 15.9 Å². The monoisotopic (exact) mass is 504 g/mol. The first kappa shape index (κ1) is 23.7. The molecule has 0 atom stereocenters. The van der Waals surface area contributed by atoms with E-state index >= 15 is 0 Å². The molecule has 7 nitrogen and oxygen atoms in total. The van der Waals surface area contributed by atoms with Gasteiger partial charge in [0.15, 0.2) is 5.13 Å². The van der Waals surface area contributed by atoms with Crippen LogP contribution in [0.1, 0.15) is 45.2 Å². The molecule has 2 heterocycles. The smallest absolute Gasteiger partial charge is 0.237 e. The second kappa shape index (κ2) is 9.40. The van der Waals surface area contributed by atoms with E-state index in [4.69, 9.17) is 11.6 Å².